The third-order valence-electron chi connectivity index (χ3n) is 4.77. The molecule has 1 saturated heterocycles. The summed E-state index contributed by atoms with van der Waals surface area (Å²) in [5.74, 6) is -0.456. The predicted octanol–water partition coefficient (Wildman–Crippen LogP) is 1.01. The van der Waals surface area contributed by atoms with Gasteiger partial charge in [0.1, 0.15) is 0 Å². The lowest BCUT2D eigenvalue weighted by atomic mass is 9.98. The number of nitrogens with zero attached hydrogens (tertiary/aromatic N) is 4. The summed E-state index contributed by atoms with van der Waals surface area (Å²) >= 11 is 0. The van der Waals surface area contributed by atoms with Crippen molar-refractivity contribution in [2.45, 2.75) is 19.4 Å². The van der Waals surface area contributed by atoms with E-state index in [0.29, 0.717) is 25.9 Å². The molecule has 0 spiro atoms. The number of para-hydroxylation sites is 1. The molecule has 1 aromatic carbocycles. The van der Waals surface area contributed by atoms with Crippen molar-refractivity contribution in [2.75, 3.05) is 27.2 Å². The number of aromatic nitrogens is 2. The zero-order valence-corrected chi connectivity index (χ0v) is 16.4. The van der Waals surface area contributed by atoms with Crippen molar-refractivity contribution in [3.8, 4) is 5.69 Å². The predicted molar refractivity (Wildman–Crippen MR) is 102 cm³/mol. The number of piperidine rings is 1. The monoisotopic (exact) mass is 391 g/mol. The largest absolute Gasteiger partial charge is 0.352 e. The zero-order chi connectivity index (χ0) is 19.4. The molecule has 1 aliphatic rings. The summed E-state index contributed by atoms with van der Waals surface area (Å²) in [5, 5.41) is 2.96. The summed E-state index contributed by atoms with van der Waals surface area (Å²) in [5.41, 5.74) is 1.92. The molecule has 1 amide bonds. The highest BCUT2D eigenvalue weighted by Gasteiger charge is 2.33. The zero-order valence-electron chi connectivity index (χ0n) is 15.6. The van der Waals surface area contributed by atoms with E-state index in [4.69, 9.17) is 0 Å². The van der Waals surface area contributed by atoms with E-state index in [1.54, 1.807) is 12.5 Å². The molecule has 2 heterocycles. The Morgan fingerprint density at radius 3 is 2.81 bits per heavy atom. The fourth-order valence-electron chi connectivity index (χ4n) is 3.24. The topological polar surface area (TPSA) is 87.5 Å². The first-order valence-electron chi connectivity index (χ1n) is 8.91. The molecule has 0 bridgehead atoms. The maximum Gasteiger partial charge on any atom is 0.281 e. The Labute approximate surface area is 160 Å². The summed E-state index contributed by atoms with van der Waals surface area (Å²) in [6.45, 7) is 1.05. The van der Waals surface area contributed by atoms with Gasteiger partial charge in [0.15, 0.2) is 0 Å². The van der Waals surface area contributed by atoms with Crippen LogP contribution in [0.3, 0.4) is 0 Å². The standard InChI is InChI=1S/C18H25N5O3S/c1-21(2)27(25,26)23-10-5-7-16(13-23)18(24)20-12-15-6-3-4-8-17(15)22-11-9-19-14-22/h3-4,6,8-9,11,14,16H,5,7,10,12-13H2,1-2H3,(H,20,24). The second-order valence-electron chi connectivity index (χ2n) is 6.80. The average Bonchev–Trinajstić information content (AvgIpc) is 3.21. The van der Waals surface area contributed by atoms with Crippen LogP contribution >= 0.6 is 0 Å². The first-order chi connectivity index (χ1) is 12.9. The van der Waals surface area contributed by atoms with Crippen LogP contribution in [0.5, 0.6) is 0 Å². The number of imidazole rings is 1. The Hall–Kier alpha value is -2.23. The second kappa shape index (κ2) is 8.20. The molecular weight excluding hydrogens is 366 g/mol. The van der Waals surface area contributed by atoms with Gasteiger partial charge in [-0.25, -0.2) is 4.98 Å². The van der Waals surface area contributed by atoms with Crippen molar-refractivity contribution in [3.63, 3.8) is 0 Å². The number of nitrogens with one attached hydrogen (secondary N) is 1. The minimum absolute atomic E-state index is 0.117. The van der Waals surface area contributed by atoms with Crippen LogP contribution in [0.4, 0.5) is 0 Å². The number of hydrogen-bond acceptors (Lipinski definition) is 4. The van der Waals surface area contributed by atoms with Gasteiger partial charge in [-0.15, -0.1) is 0 Å². The van der Waals surface area contributed by atoms with Gasteiger partial charge in [0, 0.05) is 46.1 Å². The van der Waals surface area contributed by atoms with Crippen LogP contribution in [0, 0.1) is 5.92 Å². The number of amides is 1. The van der Waals surface area contributed by atoms with Gasteiger partial charge in [-0.05, 0) is 24.5 Å². The van der Waals surface area contributed by atoms with E-state index in [1.807, 2.05) is 35.0 Å². The highest BCUT2D eigenvalue weighted by molar-refractivity contribution is 7.86. The average molecular weight is 391 g/mol. The van der Waals surface area contributed by atoms with E-state index < -0.39 is 10.2 Å². The lowest BCUT2D eigenvalue weighted by Gasteiger charge is -2.32. The molecular formula is C18H25N5O3S. The smallest absolute Gasteiger partial charge is 0.281 e. The van der Waals surface area contributed by atoms with Crippen molar-refractivity contribution in [1.82, 2.24) is 23.5 Å². The molecule has 1 fully saturated rings. The van der Waals surface area contributed by atoms with Gasteiger partial charge in [-0.3, -0.25) is 4.79 Å². The van der Waals surface area contributed by atoms with Crippen molar-refractivity contribution in [3.05, 3.63) is 48.5 Å². The molecule has 0 saturated carbocycles. The van der Waals surface area contributed by atoms with Crippen LogP contribution in [0.2, 0.25) is 0 Å². The fourth-order valence-corrected chi connectivity index (χ4v) is 4.43. The van der Waals surface area contributed by atoms with Crippen LogP contribution in [-0.4, -0.2) is 59.7 Å². The summed E-state index contributed by atoms with van der Waals surface area (Å²) in [6.07, 6.45) is 6.64. The molecule has 1 unspecified atom stereocenters. The summed E-state index contributed by atoms with van der Waals surface area (Å²) in [7, 11) is -0.481. The van der Waals surface area contributed by atoms with Crippen LogP contribution in [0.15, 0.2) is 43.0 Å². The number of carbonyl (C=O) groups excluding carboxylic acids is 1. The molecule has 0 aliphatic carbocycles. The van der Waals surface area contributed by atoms with Crippen molar-refractivity contribution < 1.29 is 13.2 Å². The van der Waals surface area contributed by atoms with Crippen molar-refractivity contribution in [2.24, 2.45) is 5.92 Å². The van der Waals surface area contributed by atoms with E-state index >= 15 is 0 Å². The quantitative estimate of drug-likeness (QED) is 0.796. The Balaban J connectivity index is 1.65. The molecule has 1 atom stereocenters. The lowest BCUT2D eigenvalue weighted by Crippen LogP contribution is -2.48. The summed E-state index contributed by atoms with van der Waals surface area (Å²) < 4.78 is 29.1. The fraction of sp³-hybridized carbons (Fsp3) is 0.444. The molecule has 27 heavy (non-hydrogen) atoms. The number of carbonyl (C=O) groups is 1. The van der Waals surface area contributed by atoms with E-state index in [-0.39, 0.29) is 18.4 Å². The van der Waals surface area contributed by atoms with Gasteiger partial charge < -0.3 is 9.88 Å². The molecule has 1 aliphatic heterocycles. The van der Waals surface area contributed by atoms with Gasteiger partial charge in [0.05, 0.1) is 17.9 Å². The normalized spacial score (nSPS) is 18.6. The third-order valence-corrected chi connectivity index (χ3v) is 6.68. The van der Waals surface area contributed by atoms with E-state index in [1.165, 1.54) is 22.7 Å². The van der Waals surface area contributed by atoms with Gasteiger partial charge in [-0.2, -0.15) is 17.0 Å². The van der Waals surface area contributed by atoms with Gasteiger partial charge in [0.2, 0.25) is 5.91 Å². The van der Waals surface area contributed by atoms with E-state index in [2.05, 4.69) is 10.3 Å². The Kier molecular flexibility index (Phi) is 5.93. The molecule has 0 radical (unpaired) electrons. The Morgan fingerprint density at radius 2 is 2.11 bits per heavy atom. The second-order valence-corrected chi connectivity index (χ2v) is 8.95. The highest BCUT2D eigenvalue weighted by atomic mass is 32.2. The number of benzene rings is 1. The first-order valence-corrected chi connectivity index (χ1v) is 10.3. The molecule has 8 nitrogen and oxygen atoms in total. The molecule has 3 rings (SSSR count). The molecule has 1 aromatic heterocycles. The van der Waals surface area contributed by atoms with Crippen LogP contribution < -0.4 is 5.32 Å². The minimum atomic E-state index is -3.49. The SMILES string of the molecule is CN(C)S(=O)(=O)N1CCCC(C(=O)NCc2ccccc2-n2ccnc2)C1. The Bertz CT molecular complexity index is 880. The van der Waals surface area contributed by atoms with Gasteiger partial charge >= 0.3 is 0 Å². The lowest BCUT2D eigenvalue weighted by molar-refractivity contribution is -0.126. The Morgan fingerprint density at radius 1 is 1.33 bits per heavy atom. The molecule has 1 N–H and O–H groups in total. The number of hydrogen-bond donors (Lipinski definition) is 1. The van der Waals surface area contributed by atoms with Crippen molar-refractivity contribution in [1.29, 1.82) is 0 Å². The maximum absolute atomic E-state index is 12.6. The summed E-state index contributed by atoms with van der Waals surface area (Å²) in [6, 6.07) is 7.79. The van der Waals surface area contributed by atoms with E-state index in [9.17, 15) is 13.2 Å². The van der Waals surface area contributed by atoms with Crippen LogP contribution in [-0.2, 0) is 21.5 Å². The number of rotatable bonds is 6. The summed E-state index contributed by atoms with van der Waals surface area (Å²) in [4.78, 5) is 16.7. The van der Waals surface area contributed by atoms with Crippen molar-refractivity contribution >= 4 is 16.1 Å². The van der Waals surface area contributed by atoms with Crippen LogP contribution in [0.25, 0.3) is 5.69 Å². The van der Waals surface area contributed by atoms with Gasteiger partial charge in [0.25, 0.3) is 10.2 Å². The van der Waals surface area contributed by atoms with Gasteiger partial charge in [-0.1, -0.05) is 18.2 Å². The minimum Gasteiger partial charge on any atom is -0.352 e. The van der Waals surface area contributed by atoms with Crippen LogP contribution in [0.1, 0.15) is 18.4 Å². The molecule has 2 aromatic rings. The first kappa shape index (κ1) is 19.5. The highest BCUT2D eigenvalue weighted by Crippen LogP contribution is 2.21. The van der Waals surface area contributed by atoms with E-state index in [0.717, 1.165) is 11.3 Å². The maximum atomic E-state index is 12.6. The molecule has 146 valence electrons. The third kappa shape index (κ3) is 4.37. The molecule has 9 heteroatoms.